The molecule has 0 spiro atoms. The summed E-state index contributed by atoms with van der Waals surface area (Å²) < 4.78 is 2.46. The topological polar surface area (TPSA) is 43.6 Å². The summed E-state index contributed by atoms with van der Waals surface area (Å²) in [6, 6.07) is 30.1. The molecule has 4 heteroatoms. The van der Waals surface area contributed by atoms with E-state index in [1.165, 1.54) is 49.3 Å². The molecule has 0 aliphatic heterocycles. The van der Waals surface area contributed by atoms with Gasteiger partial charge in [-0.3, -0.25) is 9.97 Å². The summed E-state index contributed by atoms with van der Waals surface area (Å²) in [6.07, 6.45) is 13.8. The van der Waals surface area contributed by atoms with Crippen molar-refractivity contribution in [3.63, 3.8) is 0 Å². The molecule has 1 aliphatic rings. The number of fused-ring (bicyclic) bond motifs is 8. The molecule has 4 aromatic heterocycles. The highest BCUT2D eigenvalue weighted by Gasteiger charge is 2.40. The maximum Gasteiger partial charge on any atom is 0.0745 e. The zero-order valence-corrected chi connectivity index (χ0v) is 25.6. The Morgan fingerprint density at radius 3 is 1.98 bits per heavy atom. The summed E-state index contributed by atoms with van der Waals surface area (Å²) in [5.74, 6) is 0. The Morgan fingerprint density at radius 1 is 0.756 bits per heavy atom. The van der Waals surface area contributed by atoms with Crippen LogP contribution in [0.3, 0.4) is 0 Å². The third-order valence-electron chi connectivity index (χ3n) is 9.21. The van der Waals surface area contributed by atoms with Gasteiger partial charge in [-0.25, -0.2) is 4.98 Å². The Bertz CT molecular complexity index is 2300. The minimum atomic E-state index is -0.286. The molecule has 0 unspecified atom stereocenters. The van der Waals surface area contributed by atoms with Gasteiger partial charge in [0.25, 0.3) is 0 Å². The van der Waals surface area contributed by atoms with E-state index < -0.39 is 0 Å². The van der Waals surface area contributed by atoms with Crippen LogP contribution in [0.1, 0.15) is 31.9 Å². The lowest BCUT2D eigenvalue weighted by Gasteiger charge is -2.26. The van der Waals surface area contributed by atoms with Gasteiger partial charge in [0.2, 0.25) is 0 Å². The summed E-state index contributed by atoms with van der Waals surface area (Å²) in [6.45, 7) is 11.1. The molecule has 0 atom stereocenters. The molecule has 8 rings (SSSR count). The van der Waals surface area contributed by atoms with E-state index in [1.54, 1.807) is 12.4 Å². The summed E-state index contributed by atoms with van der Waals surface area (Å²) >= 11 is 0. The van der Waals surface area contributed by atoms with Gasteiger partial charge in [0.15, 0.2) is 0 Å². The van der Waals surface area contributed by atoms with Crippen molar-refractivity contribution in [2.45, 2.75) is 26.2 Å². The number of nitrogens with zero attached hydrogens (tertiary/aromatic N) is 4. The van der Waals surface area contributed by atoms with Crippen LogP contribution in [-0.4, -0.2) is 19.5 Å². The van der Waals surface area contributed by atoms with Gasteiger partial charge in [-0.2, -0.15) is 0 Å². The van der Waals surface area contributed by atoms with E-state index >= 15 is 0 Å². The number of benzene rings is 3. The van der Waals surface area contributed by atoms with Crippen LogP contribution in [0.5, 0.6) is 0 Å². The molecule has 4 nitrogen and oxygen atoms in total. The van der Waals surface area contributed by atoms with Gasteiger partial charge in [0.05, 0.1) is 28.1 Å². The van der Waals surface area contributed by atoms with E-state index in [1.807, 2.05) is 24.5 Å². The van der Waals surface area contributed by atoms with Crippen LogP contribution < -0.4 is 0 Å². The van der Waals surface area contributed by atoms with Crippen molar-refractivity contribution in [1.29, 1.82) is 0 Å². The number of hydrogen-bond acceptors (Lipinski definition) is 3. The van der Waals surface area contributed by atoms with Crippen LogP contribution >= 0.6 is 0 Å². The lowest BCUT2D eigenvalue weighted by Crippen LogP contribution is -2.18. The number of hydrogen-bond donors (Lipinski definition) is 0. The Kier molecular flexibility index (Phi) is 6.14. The molecule has 4 heterocycles. The van der Waals surface area contributed by atoms with E-state index in [0.717, 1.165) is 33.7 Å². The van der Waals surface area contributed by atoms with E-state index in [0.29, 0.717) is 0 Å². The number of aromatic nitrogens is 4. The zero-order chi connectivity index (χ0) is 30.7. The van der Waals surface area contributed by atoms with Crippen molar-refractivity contribution >= 4 is 38.2 Å². The molecule has 216 valence electrons. The molecule has 0 fully saturated rings. The monoisotopic (exact) mass is 580 g/mol. The first-order chi connectivity index (χ1) is 22.0. The maximum absolute atomic E-state index is 5.13. The Balaban J connectivity index is 1.59. The predicted octanol–water partition coefficient (Wildman–Crippen LogP) is 10.3. The summed E-state index contributed by atoms with van der Waals surface area (Å²) in [5, 5.41) is 5.01. The molecular formula is C41H32N4. The second kappa shape index (κ2) is 10.2. The average molecular weight is 581 g/mol. The molecule has 0 amide bonds. The lowest BCUT2D eigenvalue weighted by molar-refractivity contribution is 0.659. The van der Waals surface area contributed by atoms with Crippen molar-refractivity contribution < 1.29 is 0 Å². The third-order valence-corrected chi connectivity index (χ3v) is 9.21. The fourth-order valence-electron chi connectivity index (χ4n) is 7.36. The van der Waals surface area contributed by atoms with Crippen LogP contribution in [0.15, 0.2) is 140 Å². The lowest BCUT2D eigenvalue weighted by atomic mass is 9.79. The summed E-state index contributed by atoms with van der Waals surface area (Å²) in [5.41, 5.74) is 11.9. The molecule has 1 aliphatic carbocycles. The van der Waals surface area contributed by atoms with E-state index in [9.17, 15) is 0 Å². The van der Waals surface area contributed by atoms with Gasteiger partial charge >= 0.3 is 0 Å². The predicted molar refractivity (Wildman–Crippen MR) is 188 cm³/mol. The van der Waals surface area contributed by atoms with Crippen LogP contribution in [0.2, 0.25) is 0 Å². The second-order valence-electron chi connectivity index (χ2n) is 12.1. The first-order valence-corrected chi connectivity index (χ1v) is 15.3. The standard InChI is InChI=1S/C41H32N4/c1-5-13-31-33(6-2)41(3,4)39-37(31)29-16-7-8-17-30(29)38-32-18-9-10-19-36(32)45(40(38)39)28-22-34(26-14-11-20-42-24-26)44-35(23-28)27-15-12-21-43-25-27/h5-25H,2H2,1,3-4H3/b13-5-. The van der Waals surface area contributed by atoms with Crippen molar-refractivity contribution in [3.05, 3.63) is 151 Å². The van der Waals surface area contributed by atoms with E-state index in [4.69, 9.17) is 4.98 Å². The summed E-state index contributed by atoms with van der Waals surface area (Å²) in [7, 11) is 0. The Morgan fingerprint density at radius 2 is 1.38 bits per heavy atom. The SMILES string of the molecule is C=CC1=C(/C=C\C)c2c(c3c(c4ccccc24)c2ccccc2n3-c2cc(-c3cccnc3)nc(-c3cccnc3)c2)C1(C)C. The molecule has 0 saturated carbocycles. The molecule has 0 radical (unpaired) electrons. The first kappa shape index (κ1) is 27.0. The van der Waals surface area contributed by atoms with Crippen LogP contribution in [0, 0.1) is 0 Å². The van der Waals surface area contributed by atoms with Gasteiger partial charge in [0.1, 0.15) is 0 Å². The Labute approximate surface area is 262 Å². The normalized spacial score (nSPS) is 14.2. The van der Waals surface area contributed by atoms with E-state index in [-0.39, 0.29) is 5.41 Å². The number of rotatable bonds is 5. The van der Waals surface area contributed by atoms with Crippen LogP contribution in [0.25, 0.3) is 66.4 Å². The smallest absolute Gasteiger partial charge is 0.0745 e. The fourth-order valence-corrected chi connectivity index (χ4v) is 7.36. The highest BCUT2D eigenvalue weighted by molar-refractivity contribution is 6.26. The highest BCUT2D eigenvalue weighted by Crippen LogP contribution is 2.55. The second-order valence-corrected chi connectivity index (χ2v) is 12.1. The number of allylic oxidation sites excluding steroid dienone is 5. The van der Waals surface area contributed by atoms with Gasteiger partial charge in [-0.1, -0.05) is 81.1 Å². The zero-order valence-electron chi connectivity index (χ0n) is 25.6. The number of para-hydroxylation sites is 1. The van der Waals surface area contributed by atoms with Crippen LogP contribution in [0.4, 0.5) is 0 Å². The third kappa shape index (κ3) is 3.95. The molecule has 3 aromatic carbocycles. The quantitative estimate of drug-likeness (QED) is 0.203. The number of pyridine rings is 3. The van der Waals surface area contributed by atoms with Crippen LogP contribution in [-0.2, 0) is 5.41 Å². The first-order valence-electron chi connectivity index (χ1n) is 15.3. The minimum Gasteiger partial charge on any atom is -0.309 e. The molecule has 0 bridgehead atoms. The van der Waals surface area contributed by atoms with Gasteiger partial charge < -0.3 is 4.57 Å². The Hall–Kier alpha value is -5.61. The van der Waals surface area contributed by atoms with Crippen molar-refractivity contribution in [2.75, 3.05) is 0 Å². The molecule has 0 N–H and O–H groups in total. The fraction of sp³-hybridized carbons (Fsp3) is 0.0976. The van der Waals surface area contributed by atoms with Gasteiger partial charge in [-0.15, -0.1) is 0 Å². The minimum absolute atomic E-state index is 0.286. The van der Waals surface area contributed by atoms with E-state index in [2.05, 4.69) is 133 Å². The van der Waals surface area contributed by atoms with Crippen molar-refractivity contribution in [3.8, 4) is 28.2 Å². The molecule has 45 heavy (non-hydrogen) atoms. The van der Waals surface area contributed by atoms with Gasteiger partial charge in [-0.05, 0) is 82.4 Å². The van der Waals surface area contributed by atoms with Crippen molar-refractivity contribution in [1.82, 2.24) is 19.5 Å². The molecule has 7 aromatic rings. The highest BCUT2D eigenvalue weighted by atomic mass is 15.0. The average Bonchev–Trinajstić information content (AvgIpc) is 3.54. The molecule has 0 saturated heterocycles. The molecular weight excluding hydrogens is 548 g/mol. The maximum atomic E-state index is 5.13. The van der Waals surface area contributed by atoms with Crippen molar-refractivity contribution in [2.24, 2.45) is 0 Å². The summed E-state index contributed by atoms with van der Waals surface area (Å²) in [4.78, 5) is 14.0. The largest absolute Gasteiger partial charge is 0.309 e. The van der Waals surface area contributed by atoms with Gasteiger partial charge in [0, 0.05) is 52.1 Å².